The van der Waals surface area contributed by atoms with Gasteiger partial charge < -0.3 is 15.3 Å². The van der Waals surface area contributed by atoms with Crippen molar-refractivity contribution in [1.82, 2.24) is 10.2 Å². The summed E-state index contributed by atoms with van der Waals surface area (Å²) >= 11 is 0. The van der Waals surface area contributed by atoms with Gasteiger partial charge in [0.15, 0.2) is 0 Å². The van der Waals surface area contributed by atoms with Gasteiger partial charge >= 0.3 is 0 Å². The number of rotatable bonds is 8. The predicted octanol–water partition coefficient (Wildman–Crippen LogP) is 2.03. The van der Waals surface area contributed by atoms with E-state index in [0.717, 1.165) is 13.1 Å². The second-order valence-electron chi connectivity index (χ2n) is 6.17. The molecule has 1 aromatic rings. The van der Waals surface area contributed by atoms with E-state index in [1.165, 1.54) is 5.56 Å². The van der Waals surface area contributed by atoms with E-state index in [4.69, 9.17) is 0 Å². The average Bonchev–Trinajstić information content (AvgIpc) is 2.38. The zero-order valence-corrected chi connectivity index (χ0v) is 13.5. The van der Waals surface area contributed by atoms with Crippen LogP contribution in [0.1, 0.15) is 32.8 Å². The summed E-state index contributed by atoms with van der Waals surface area (Å²) in [6, 6.07) is 10.3. The lowest BCUT2D eigenvalue weighted by atomic mass is 10.0. The summed E-state index contributed by atoms with van der Waals surface area (Å²) < 4.78 is 0. The Kier molecular flexibility index (Phi) is 7.40. The molecule has 118 valence electrons. The summed E-state index contributed by atoms with van der Waals surface area (Å²) in [5.41, 5.74) is 1.26. The summed E-state index contributed by atoms with van der Waals surface area (Å²) in [5.74, 6) is 0.0172. The number of nitrogens with one attached hydrogen (secondary N) is 1. The van der Waals surface area contributed by atoms with E-state index < -0.39 is 6.10 Å². The minimum absolute atomic E-state index is 0.0607. The Morgan fingerprint density at radius 1 is 1.24 bits per heavy atom. The van der Waals surface area contributed by atoms with Gasteiger partial charge in [0, 0.05) is 19.1 Å². The molecule has 4 heteroatoms. The van der Waals surface area contributed by atoms with Crippen molar-refractivity contribution in [2.24, 2.45) is 5.92 Å². The summed E-state index contributed by atoms with van der Waals surface area (Å²) in [6.45, 7) is 7.44. The maximum absolute atomic E-state index is 11.8. The third-order valence-corrected chi connectivity index (χ3v) is 3.45. The third-order valence-electron chi connectivity index (χ3n) is 3.45. The average molecular weight is 292 g/mol. The number of carbonyl (C=O) groups excluding carboxylic acids is 1. The molecule has 0 fully saturated rings. The van der Waals surface area contributed by atoms with Gasteiger partial charge in [-0.15, -0.1) is 0 Å². The van der Waals surface area contributed by atoms with Crippen LogP contribution >= 0.6 is 0 Å². The van der Waals surface area contributed by atoms with Crippen LogP contribution in [0.5, 0.6) is 0 Å². The highest BCUT2D eigenvalue weighted by Gasteiger charge is 2.16. The quantitative estimate of drug-likeness (QED) is 0.771. The number of carbonyl (C=O) groups is 1. The van der Waals surface area contributed by atoms with Gasteiger partial charge in [-0.25, -0.2) is 0 Å². The minimum atomic E-state index is -0.570. The first kappa shape index (κ1) is 17.7. The Labute approximate surface area is 128 Å². The molecule has 1 amide bonds. The summed E-state index contributed by atoms with van der Waals surface area (Å²) in [4.78, 5) is 14.0. The van der Waals surface area contributed by atoms with Gasteiger partial charge in [-0.2, -0.15) is 0 Å². The fraction of sp³-hybridized carbons (Fsp3) is 0.588. The molecular formula is C17H28N2O2. The van der Waals surface area contributed by atoms with E-state index in [0.29, 0.717) is 0 Å². The Balaban J connectivity index is 2.32. The number of benzene rings is 1. The number of aliphatic hydroxyl groups is 1. The lowest BCUT2D eigenvalue weighted by molar-refractivity contribution is -0.124. The number of amides is 1. The number of nitrogens with zero attached hydrogens (tertiary/aromatic N) is 1. The first-order chi connectivity index (χ1) is 9.88. The van der Waals surface area contributed by atoms with Crippen LogP contribution in [0.15, 0.2) is 30.3 Å². The molecule has 0 heterocycles. The zero-order chi connectivity index (χ0) is 15.8. The molecular weight excluding hydrogens is 264 g/mol. The highest BCUT2D eigenvalue weighted by molar-refractivity contribution is 5.76. The lowest BCUT2D eigenvalue weighted by Crippen LogP contribution is -2.41. The van der Waals surface area contributed by atoms with E-state index in [-0.39, 0.29) is 24.3 Å². The maximum Gasteiger partial charge on any atom is 0.222 e. The summed E-state index contributed by atoms with van der Waals surface area (Å²) in [5, 5.41) is 12.7. The van der Waals surface area contributed by atoms with Crippen LogP contribution in [-0.2, 0) is 11.3 Å². The molecule has 1 aromatic carbocycles. The highest BCUT2D eigenvalue weighted by atomic mass is 16.3. The van der Waals surface area contributed by atoms with Crippen molar-refractivity contribution in [3.05, 3.63) is 35.9 Å². The van der Waals surface area contributed by atoms with Gasteiger partial charge in [0.25, 0.3) is 0 Å². The number of likely N-dealkylation sites (N-methyl/N-ethyl adjacent to an activating group) is 1. The van der Waals surface area contributed by atoms with Gasteiger partial charge in [0.1, 0.15) is 0 Å². The predicted molar refractivity (Wildman–Crippen MR) is 85.8 cm³/mol. The van der Waals surface area contributed by atoms with Crippen LogP contribution in [0, 0.1) is 5.92 Å². The first-order valence-corrected chi connectivity index (χ1v) is 7.58. The maximum atomic E-state index is 11.8. The van der Waals surface area contributed by atoms with Crippen LogP contribution in [-0.4, -0.2) is 41.7 Å². The van der Waals surface area contributed by atoms with Crippen molar-refractivity contribution in [3.8, 4) is 0 Å². The third kappa shape index (κ3) is 7.25. The molecule has 2 N–H and O–H groups in total. The topological polar surface area (TPSA) is 52.6 Å². The first-order valence-electron chi connectivity index (χ1n) is 7.58. The number of hydrogen-bond donors (Lipinski definition) is 2. The standard InChI is InChI=1S/C17H28N2O2/c1-13(2)16(20)10-17(21)18-14(3)11-19(4)12-15-8-6-5-7-9-15/h5-9,13-14,16,20H,10-12H2,1-4H3,(H,18,21). The largest absolute Gasteiger partial charge is 0.392 e. The fourth-order valence-electron chi connectivity index (χ4n) is 2.23. The van der Waals surface area contributed by atoms with E-state index in [2.05, 4.69) is 22.3 Å². The van der Waals surface area contributed by atoms with E-state index >= 15 is 0 Å². The molecule has 0 aliphatic carbocycles. The van der Waals surface area contributed by atoms with Crippen LogP contribution in [0.3, 0.4) is 0 Å². The highest BCUT2D eigenvalue weighted by Crippen LogP contribution is 2.06. The molecule has 2 atom stereocenters. The zero-order valence-electron chi connectivity index (χ0n) is 13.5. The molecule has 0 saturated carbocycles. The van der Waals surface area contributed by atoms with Crippen LogP contribution in [0.25, 0.3) is 0 Å². The molecule has 0 saturated heterocycles. The second-order valence-corrected chi connectivity index (χ2v) is 6.17. The SMILES string of the molecule is CC(CN(C)Cc1ccccc1)NC(=O)CC(O)C(C)C. The molecule has 0 aliphatic rings. The van der Waals surface area contributed by atoms with Crippen molar-refractivity contribution in [2.75, 3.05) is 13.6 Å². The number of hydrogen-bond acceptors (Lipinski definition) is 3. The molecule has 2 unspecified atom stereocenters. The Bertz CT molecular complexity index is 420. The monoisotopic (exact) mass is 292 g/mol. The Hall–Kier alpha value is -1.39. The van der Waals surface area contributed by atoms with E-state index in [9.17, 15) is 9.90 Å². The fourth-order valence-corrected chi connectivity index (χ4v) is 2.23. The normalized spacial score (nSPS) is 14.2. The second kappa shape index (κ2) is 8.80. The smallest absolute Gasteiger partial charge is 0.222 e. The van der Waals surface area contributed by atoms with Gasteiger partial charge in [0.05, 0.1) is 12.5 Å². The van der Waals surface area contributed by atoms with Crippen molar-refractivity contribution in [3.63, 3.8) is 0 Å². The molecule has 0 spiro atoms. The minimum Gasteiger partial charge on any atom is -0.392 e. The number of aliphatic hydroxyl groups excluding tert-OH is 1. The molecule has 4 nitrogen and oxygen atoms in total. The molecule has 0 aliphatic heterocycles. The van der Waals surface area contributed by atoms with Crippen molar-refractivity contribution in [1.29, 1.82) is 0 Å². The summed E-state index contributed by atoms with van der Waals surface area (Å²) in [6.07, 6.45) is -0.399. The van der Waals surface area contributed by atoms with Crippen LogP contribution in [0.2, 0.25) is 0 Å². The van der Waals surface area contributed by atoms with Gasteiger partial charge in [-0.1, -0.05) is 44.2 Å². The lowest BCUT2D eigenvalue weighted by Gasteiger charge is -2.23. The Morgan fingerprint density at radius 2 is 1.86 bits per heavy atom. The van der Waals surface area contributed by atoms with Gasteiger partial charge in [-0.05, 0) is 25.5 Å². The van der Waals surface area contributed by atoms with Gasteiger partial charge in [0.2, 0.25) is 5.91 Å². The van der Waals surface area contributed by atoms with Crippen molar-refractivity contribution < 1.29 is 9.90 Å². The molecule has 1 rings (SSSR count). The van der Waals surface area contributed by atoms with Crippen LogP contribution < -0.4 is 5.32 Å². The van der Waals surface area contributed by atoms with Gasteiger partial charge in [-0.3, -0.25) is 4.79 Å². The van der Waals surface area contributed by atoms with E-state index in [1.54, 1.807) is 0 Å². The molecule has 0 bridgehead atoms. The van der Waals surface area contributed by atoms with Crippen molar-refractivity contribution in [2.45, 2.75) is 45.9 Å². The van der Waals surface area contributed by atoms with Crippen LogP contribution in [0.4, 0.5) is 0 Å². The molecule has 0 radical (unpaired) electrons. The van der Waals surface area contributed by atoms with E-state index in [1.807, 2.05) is 46.0 Å². The molecule has 0 aromatic heterocycles. The summed E-state index contributed by atoms with van der Waals surface area (Å²) in [7, 11) is 2.04. The van der Waals surface area contributed by atoms with Crippen molar-refractivity contribution >= 4 is 5.91 Å². The Morgan fingerprint density at radius 3 is 2.43 bits per heavy atom. The molecule has 21 heavy (non-hydrogen) atoms.